The molecule has 5 aliphatic rings. The zero-order chi connectivity index (χ0) is 14.0. The largest absolute Gasteiger partial charge is 0.385 e. The maximum atomic E-state index is 3.81. The fraction of sp³-hybridized carbons (Fsp3) is 0.579. The van der Waals surface area contributed by atoms with E-state index in [1.165, 1.54) is 49.9 Å². The van der Waals surface area contributed by atoms with E-state index in [2.05, 4.69) is 29.7 Å². The minimum absolute atomic E-state index is 0.675. The van der Waals surface area contributed by atoms with Crippen molar-refractivity contribution in [2.45, 2.75) is 51.5 Å². The summed E-state index contributed by atoms with van der Waals surface area (Å²) in [7, 11) is 0. The molecule has 5 rings (SSSR count). The van der Waals surface area contributed by atoms with E-state index in [1.54, 1.807) is 22.3 Å². The van der Waals surface area contributed by atoms with Crippen molar-refractivity contribution in [3.8, 4) is 0 Å². The number of rotatable bonds is 2. The van der Waals surface area contributed by atoms with Gasteiger partial charge >= 0.3 is 0 Å². The molecule has 0 saturated heterocycles. The second kappa shape index (κ2) is 4.28. The van der Waals surface area contributed by atoms with Crippen molar-refractivity contribution in [3.63, 3.8) is 0 Å². The number of fused-ring (bicyclic) bond motifs is 1. The molecule has 0 aromatic rings. The lowest BCUT2D eigenvalue weighted by atomic mass is 9.70. The van der Waals surface area contributed by atoms with Gasteiger partial charge < -0.3 is 10.6 Å². The molecule has 0 aromatic heterocycles. The van der Waals surface area contributed by atoms with Crippen molar-refractivity contribution in [1.82, 2.24) is 10.6 Å². The van der Waals surface area contributed by atoms with Gasteiger partial charge in [-0.05, 0) is 61.3 Å². The monoisotopic (exact) mass is 280 g/mol. The third-order valence-corrected chi connectivity index (χ3v) is 5.93. The van der Waals surface area contributed by atoms with Crippen LogP contribution in [0.2, 0.25) is 0 Å². The van der Waals surface area contributed by atoms with Crippen molar-refractivity contribution in [2.24, 2.45) is 11.8 Å². The highest BCUT2D eigenvalue weighted by Crippen LogP contribution is 2.48. The summed E-state index contributed by atoms with van der Waals surface area (Å²) in [5.74, 6) is 1.72. The van der Waals surface area contributed by atoms with Crippen LogP contribution < -0.4 is 10.6 Å². The van der Waals surface area contributed by atoms with Gasteiger partial charge in [0, 0.05) is 35.5 Å². The molecule has 2 heteroatoms. The molecule has 21 heavy (non-hydrogen) atoms. The molecule has 0 radical (unpaired) electrons. The summed E-state index contributed by atoms with van der Waals surface area (Å²) in [6, 6.07) is 0.675. The summed E-state index contributed by atoms with van der Waals surface area (Å²) >= 11 is 0. The fourth-order valence-electron chi connectivity index (χ4n) is 4.82. The fourth-order valence-corrected chi connectivity index (χ4v) is 4.82. The highest BCUT2D eigenvalue weighted by Gasteiger charge is 2.40. The predicted molar refractivity (Wildman–Crippen MR) is 85.5 cm³/mol. The Morgan fingerprint density at radius 1 is 1.29 bits per heavy atom. The van der Waals surface area contributed by atoms with Crippen molar-refractivity contribution in [3.05, 3.63) is 45.8 Å². The molecular weight excluding hydrogens is 256 g/mol. The standard InChI is InChI=1S/C19H24N2/c1-11-7-15-14-3-2-4-17-19(14)13(10-20-17)9-16(15)18(21-11)8-12-5-6-12/h4,7,12,16,18,20-21H,2-3,5-6,8-10H2,1H3. The smallest absolute Gasteiger partial charge is 0.0379 e. The highest BCUT2D eigenvalue weighted by atomic mass is 15.0. The highest BCUT2D eigenvalue weighted by molar-refractivity contribution is 5.62. The van der Waals surface area contributed by atoms with Crippen LogP contribution in [0.25, 0.3) is 0 Å². The van der Waals surface area contributed by atoms with Crippen LogP contribution in [-0.2, 0) is 0 Å². The lowest BCUT2D eigenvalue weighted by molar-refractivity contribution is 0.365. The van der Waals surface area contributed by atoms with Crippen molar-refractivity contribution >= 4 is 0 Å². The SMILES string of the molecule is CC1=CC2=C3CCC=C4NCC(=C43)CC2C(CC2CC2)N1. The van der Waals surface area contributed by atoms with Crippen LogP contribution in [0, 0.1) is 11.8 Å². The third kappa shape index (κ3) is 1.84. The molecule has 0 aromatic carbocycles. The Bertz CT molecular complexity index is 628. The molecule has 2 atom stereocenters. The first-order valence-corrected chi connectivity index (χ1v) is 8.64. The molecular formula is C19H24N2. The number of hydrogen-bond acceptors (Lipinski definition) is 2. The summed E-state index contributed by atoms with van der Waals surface area (Å²) < 4.78 is 0. The Balaban J connectivity index is 1.60. The molecule has 0 bridgehead atoms. The summed E-state index contributed by atoms with van der Waals surface area (Å²) in [6.07, 6.45) is 12.9. The zero-order valence-corrected chi connectivity index (χ0v) is 12.8. The average molecular weight is 280 g/mol. The van der Waals surface area contributed by atoms with E-state index in [1.807, 2.05) is 0 Å². The van der Waals surface area contributed by atoms with Crippen LogP contribution >= 0.6 is 0 Å². The minimum atomic E-state index is 0.675. The van der Waals surface area contributed by atoms with Crippen LogP contribution in [0.4, 0.5) is 0 Å². The molecule has 0 amide bonds. The van der Waals surface area contributed by atoms with E-state index in [0.29, 0.717) is 6.04 Å². The Hall–Kier alpha value is -1.44. The van der Waals surface area contributed by atoms with Gasteiger partial charge in [-0.25, -0.2) is 0 Å². The van der Waals surface area contributed by atoms with E-state index in [0.717, 1.165) is 18.4 Å². The number of nitrogens with one attached hydrogen (secondary N) is 2. The van der Waals surface area contributed by atoms with Gasteiger partial charge in [-0.2, -0.15) is 0 Å². The van der Waals surface area contributed by atoms with Crippen LogP contribution in [0.5, 0.6) is 0 Å². The van der Waals surface area contributed by atoms with E-state index in [-0.39, 0.29) is 0 Å². The molecule has 2 nitrogen and oxygen atoms in total. The van der Waals surface area contributed by atoms with Gasteiger partial charge in [0.25, 0.3) is 0 Å². The zero-order valence-electron chi connectivity index (χ0n) is 12.8. The van der Waals surface area contributed by atoms with Gasteiger partial charge in [0.1, 0.15) is 0 Å². The Labute approximate surface area is 127 Å². The molecule has 110 valence electrons. The molecule has 2 N–H and O–H groups in total. The van der Waals surface area contributed by atoms with Crippen molar-refractivity contribution < 1.29 is 0 Å². The first kappa shape index (κ1) is 12.1. The van der Waals surface area contributed by atoms with E-state index >= 15 is 0 Å². The lowest BCUT2D eigenvalue weighted by Crippen LogP contribution is -2.41. The maximum Gasteiger partial charge on any atom is 0.0379 e. The number of allylic oxidation sites excluding steroid dienone is 4. The quantitative estimate of drug-likeness (QED) is 0.808. The van der Waals surface area contributed by atoms with Crippen LogP contribution in [0.1, 0.15) is 45.4 Å². The second-order valence-electron chi connectivity index (χ2n) is 7.49. The molecule has 1 saturated carbocycles. The Morgan fingerprint density at radius 2 is 2.19 bits per heavy atom. The summed E-state index contributed by atoms with van der Waals surface area (Å²) in [5, 5.41) is 7.44. The average Bonchev–Trinajstić information content (AvgIpc) is 3.20. The van der Waals surface area contributed by atoms with E-state index < -0.39 is 0 Å². The predicted octanol–water partition coefficient (Wildman–Crippen LogP) is 3.56. The summed E-state index contributed by atoms with van der Waals surface area (Å²) in [5.41, 5.74) is 9.44. The normalized spacial score (nSPS) is 33.8. The number of hydrogen-bond donors (Lipinski definition) is 2. The second-order valence-corrected chi connectivity index (χ2v) is 7.49. The van der Waals surface area contributed by atoms with Gasteiger partial charge in [0.05, 0.1) is 0 Å². The maximum absolute atomic E-state index is 3.81. The Kier molecular flexibility index (Phi) is 2.47. The lowest BCUT2D eigenvalue weighted by Gasteiger charge is -2.39. The van der Waals surface area contributed by atoms with Gasteiger partial charge in [-0.1, -0.05) is 18.9 Å². The Morgan fingerprint density at radius 3 is 3.05 bits per heavy atom. The first-order valence-electron chi connectivity index (χ1n) is 8.64. The van der Waals surface area contributed by atoms with E-state index in [9.17, 15) is 0 Å². The molecule has 2 unspecified atom stereocenters. The molecule has 0 spiro atoms. The summed E-state index contributed by atoms with van der Waals surface area (Å²) in [4.78, 5) is 0. The van der Waals surface area contributed by atoms with E-state index in [4.69, 9.17) is 0 Å². The van der Waals surface area contributed by atoms with Crippen molar-refractivity contribution in [2.75, 3.05) is 6.54 Å². The van der Waals surface area contributed by atoms with Gasteiger partial charge in [-0.3, -0.25) is 0 Å². The van der Waals surface area contributed by atoms with Gasteiger partial charge in [0.15, 0.2) is 0 Å². The summed E-state index contributed by atoms with van der Waals surface area (Å²) in [6.45, 7) is 3.34. The van der Waals surface area contributed by atoms with Gasteiger partial charge in [0.2, 0.25) is 0 Å². The van der Waals surface area contributed by atoms with Crippen LogP contribution in [0.3, 0.4) is 0 Å². The minimum Gasteiger partial charge on any atom is -0.385 e. The molecule has 2 aliphatic heterocycles. The molecule has 1 fully saturated rings. The molecule has 2 heterocycles. The first-order chi connectivity index (χ1) is 10.3. The molecule has 3 aliphatic carbocycles. The van der Waals surface area contributed by atoms with Crippen LogP contribution in [-0.4, -0.2) is 12.6 Å². The van der Waals surface area contributed by atoms with Crippen molar-refractivity contribution in [1.29, 1.82) is 0 Å². The topological polar surface area (TPSA) is 24.1 Å². The third-order valence-electron chi connectivity index (χ3n) is 5.93. The van der Waals surface area contributed by atoms with Gasteiger partial charge in [-0.15, -0.1) is 0 Å². The van der Waals surface area contributed by atoms with Crippen LogP contribution in [0.15, 0.2) is 45.8 Å².